The van der Waals surface area contributed by atoms with Crippen molar-refractivity contribution < 1.29 is 4.74 Å². The average Bonchev–Trinajstić information content (AvgIpc) is 2.78. The zero-order valence-electron chi connectivity index (χ0n) is 10.6. The van der Waals surface area contributed by atoms with Gasteiger partial charge in [0, 0.05) is 19.1 Å². The van der Waals surface area contributed by atoms with Crippen LogP contribution in [0, 0.1) is 0 Å². The van der Waals surface area contributed by atoms with Crippen LogP contribution in [-0.2, 0) is 4.74 Å². The molecular weight excluding hydrogens is 200 g/mol. The summed E-state index contributed by atoms with van der Waals surface area (Å²) in [5, 5.41) is 3.35. The number of nitrogens with one attached hydrogen (secondary N) is 1. The van der Waals surface area contributed by atoms with Crippen molar-refractivity contribution in [1.82, 2.24) is 10.2 Å². The number of likely N-dealkylation sites (tertiary alicyclic amines) is 1. The molecule has 1 unspecified atom stereocenters. The number of hydrogen-bond donors (Lipinski definition) is 1. The molecule has 94 valence electrons. The van der Waals surface area contributed by atoms with E-state index >= 15 is 0 Å². The number of ether oxygens (including phenoxy) is 1. The molecule has 1 saturated heterocycles. The second-order valence-corrected chi connectivity index (χ2v) is 5.21. The van der Waals surface area contributed by atoms with E-state index in [1.165, 1.54) is 51.6 Å². The fraction of sp³-hybridized carbons (Fsp3) is 1.00. The lowest BCUT2D eigenvalue weighted by Gasteiger charge is -2.23. The molecule has 1 aliphatic heterocycles. The molecular formula is C13H26N2O. The molecule has 16 heavy (non-hydrogen) atoms. The average molecular weight is 226 g/mol. The predicted molar refractivity (Wildman–Crippen MR) is 66.7 cm³/mol. The Balaban J connectivity index is 1.54. The molecule has 0 spiro atoms. The van der Waals surface area contributed by atoms with Gasteiger partial charge in [-0.05, 0) is 32.9 Å². The van der Waals surface area contributed by atoms with E-state index in [1.54, 1.807) is 0 Å². The minimum Gasteiger partial charge on any atom is -0.377 e. The van der Waals surface area contributed by atoms with Crippen LogP contribution in [0.1, 0.15) is 38.5 Å². The quantitative estimate of drug-likeness (QED) is 0.771. The lowest BCUT2D eigenvalue weighted by atomic mass is 9.98. The lowest BCUT2D eigenvalue weighted by molar-refractivity contribution is 0.0186. The third kappa shape index (κ3) is 3.72. The number of nitrogens with zero attached hydrogens (tertiary/aromatic N) is 1. The summed E-state index contributed by atoms with van der Waals surface area (Å²) in [5.74, 6) is 0. The highest BCUT2D eigenvalue weighted by atomic mass is 16.5. The van der Waals surface area contributed by atoms with Crippen LogP contribution in [0.15, 0.2) is 0 Å². The SMILES string of the molecule is CNC1CCN(CCOC2CCCCC2)C1. The van der Waals surface area contributed by atoms with Gasteiger partial charge in [0.25, 0.3) is 0 Å². The Morgan fingerprint density at radius 3 is 2.69 bits per heavy atom. The monoisotopic (exact) mass is 226 g/mol. The third-order valence-electron chi connectivity index (χ3n) is 3.99. The third-order valence-corrected chi connectivity index (χ3v) is 3.99. The maximum atomic E-state index is 5.95. The summed E-state index contributed by atoms with van der Waals surface area (Å²) in [7, 11) is 2.06. The van der Waals surface area contributed by atoms with Crippen molar-refractivity contribution in [3.63, 3.8) is 0 Å². The van der Waals surface area contributed by atoms with Crippen LogP contribution < -0.4 is 5.32 Å². The molecule has 2 fully saturated rings. The zero-order valence-corrected chi connectivity index (χ0v) is 10.6. The second kappa shape index (κ2) is 6.58. The summed E-state index contributed by atoms with van der Waals surface area (Å²) in [6, 6.07) is 0.703. The molecule has 0 aromatic carbocycles. The van der Waals surface area contributed by atoms with Crippen LogP contribution in [0.4, 0.5) is 0 Å². The van der Waals surface area contributed by atoms with E-state index in [9.17, 15) is 0 Å². The molecule has 0 aromatic heterocycles. The van der Waals surface area contributed by atoms with Gasteiger partial charge in [-0.15, -0.1) is 0 Å². The van der Waals surface area contributed by atoms with Gasteiger partial charge in [-0.1, -0.05) is 19.3 Å². The fourth-order valence-electron chi connectivity index (χ4n) is 2.85. The van der Waals surface area contributed by atoms with Crippen molar-refractivity contribution in [3.8, 4) is 0 Å². The van der Waals surface area contributed by atoms with Gasteiger partial charge in [0.05, 0.1) is 12.7 Å². The van der Waals surface area contributed by atoms with E-state index in [0.29, 0.717) is 12.1 Å². The summed E-state index contributed by atoms with van der Waals surface area (Å²) in [6.07, 6.45) is 8.59. The summed E-state index contributed by atoms with van der Waals surface area (Å²) in [5.41, 5.74) is 0. The topological polar surface area (TPSA) is 24.5 Å². The van der Waals surface area contributed by atoms with Gasteiger partial charge in [0.2, 0.25) is 0 Å². The van der Waals surface area contributed by atoms with Crippen LogP contribution in [0.3, 0.4) is 0 Å². The zero-order chi connectivity index (χ0) is 11.2. The molecule has 0 radical (unpaired) electrons. The largest absolute Gasteiger partial charge is 0.377 e. The first kappa shape index (κ1) is 12.3. The first-order valence-electron chi connectivity index (χ1n) is 6.89. The first-order chi connectivity index (χ1) is 7.88. The van der Waals surface area contributed by atoms with Gasteiger partial charge in [0.15, 0.2) is 0 Å². The molecule has 1 atom stereocenters. The van der Waals surface area contributed by atoms with E-state index in [4.69, 9.17) is 4.74 Å². The summed E-state index contributed by atoms with van der Waals surface area (Å²) in [6.45, 7) is 4.49. The minimum absolute atomic E-state index is 0.566. The highest BCUT2D eigenvalue weighted by molar-refractivity contribution is 4.79. The Morgan fingerprint density at radius 2 is 2.00 bits per heavy atom. The van der Waals surface area contributed by atoms with Gasteiger partial charge < -0.3 is 10.1 Å². The van der Waals surface area contributed by atoms with Gasteiger partial charge in [-0.3, -0.25) is 4.90 Å². The summed E-state index contributed by atoms with van der Waals surface area (Å²) >= 11 is 0. The van der Waals surface area contributed by atoms with E-state index in [2.05, 4.69) is 17.3 Å². The highest BCUT2D eigenvalue weighted by Crippen LogP contribution is 2.20. The molecule has 1 heterocycles. The molecule has 0 amide bonds. The van der Waals surface area contributed by atoms with E-state index in [0.717, 1.165) is 13.2 Å². The summed E-state index contributed by atoms with van der Waals surface area (Å²) in [4.78, 5) is 2.52. The maximum absolute atomic E-state index is 5.95. The summed E-state index contributed by atoms with van der Waals surface area (Å²) < 4.78 is 5.95. The minimum atomic E-state index is 0.566. The van der Waals surface area contributed by atoms with E-state index in [1.807, 2.05) is 0 Å². The van der Waals surface area contributed by atoms with E-state index < -0.39 is 0 Å². The lowest BCUT2D eigenvalue weighted by Crippen LogP contribution is -2.32. The smallest absolute Gasteiger partial charge is 0.0597 e. The molecule has 1 aliphatic carbocycles. The number of rotatable bonds is 5. The van der Waals surface area contributed by atoms with Crippen LogP contribution >= 0.6 is 0 Å². The molecule has 3 nitrogen and oxygen atoms in total. The van der Waals surface area contributed by atoms with Crippen molar-refractivity contribution >= 4 is 0 Å². The molecule has 0 bridgehead atoms. The van der Waals surface area contributed by atoms with Crippen molar-refractivity contribution in [3.05, 3.63) is 0 Å². The maximum Gasteiger partial charge on any atom is 0.0597 e. The van der Waals surface area contributed by atoms with Gasteiger partial charge >= 0.3 is 0 Å². The van der Waals surface area contributed by atoms with Crippen LogP contribution in [-0.4, -0.2) is 50.3 Å². The molecule has 1 saturated carbocycles. The standard InChI is InChI=1S/C13H26N2O/c1-14-12-7-8-15(11-12)9-10-16-13-5-3-2-4-6-13/h12-14H,2-11H2,1H3. The van der Waals surface area contributed by atoms with Crippen molar-refractivity contribution in [2.75, 3.05) is 33.3 Å². The second-order valence-electron chi connectivity index (χ2n) is 5.21. The fourth-order valence-corrected chi connectivity index (χ4v) is 2.85. The Bertz CT molecular complexity index is 192. The normalized spacial score (nSPS) is 28.7. The Kier molecular flexibility index (Phi) is 5.07. The van der Waals surface area contributed by atoms with Gasteiger partial charge in [-0.2, -0.15) is 0 Å². The Hall–Kier alpha value is -0.120. The van der Waals surface area contributed by atoms with Crippen LogP contribution in [0.5, 0.6) is 0 Å². The predicted octanol–water partition coefficient (Wildman–Crippen LogP) is 1.63. The molecule has 0 aromatic rings. The highest BCUT2D eigenvalue weighted by Gasteiger charge is 2.21. The van der Waals surface area contributed by atoms with Gasteiger partial charge in [0.1, 0.15) is 0 Å². The van der Waals surface area contributed by atoms with Crippen molar-refractivity contribution in [1.29, 1.82) is 0 Å². The van der Waals surface area contributed by atoms with Gasteiger partial charge in [-0.25, -0.2) is 0 Å². The molecule has 2 rings (SSSR count). The van der Waals surface area contributed by atoms with Crippen LogP contribution in [0.25, 0.3) is 0 Å². The van der Waals surface area contributed by atoms with Crippen molar-refractivity contribution in [2.45, 2.75) is 50.7 Å². The Labute approximate surface area is 99.5 Å². The molecule has 2 aliphatic rings. The van der Waals surface area contributed by atoms with Crippen molar-refractivity contribution in [2.24, 2.45) is 0 Å². The molecule has 1 N–H and O–H groups in total. The van der Waals surface area contributed by atoms with Crippen LogP contribution in [0.2, 0.25) is 0 Å². The molecule has 3 heteroatoms. The first-order valence-corrected chi connectivity index (χ1v) is 6.89. The number of likely N-dealkylation sites (N-methyl/N-ethyl adjacent to an activating group) is 1. The number of hydrogen-bond acceptors (Lipinski definition) is 3. The Morgan fingerprint density at radius 1 is 1.19 bits per heavy atom. The van der Waals surface area contributed by atoms with E-state index in [-0.39, 0.29) is 0 Å².